The summed E-state index contributed by atoms with van der Waals surface area (Å²) in [4.78, 5) is 8.52. The second-order valence-corrected chi connectivity index (χ2v) is 7.25. The molecule has 62 valence electrons. The van der Waals surface area contributed by atoms with Crippen molar-refractivity contribution in [1.82, 2.24) is 9.97 Å². The molecule has 0 N–H and O–H groups in total. The van der Waals surface area contributed by atoms with Crippen LogP contribution in [0, 0.1) is 0 Å². The fourth-order valence-corrected chi connectivity index (χ4v) is 4.34. The molecule has 0 bridgehead atoms. The van der Waals surface area contributed by atoms with Gasteiger partial charge in [-0.15, -0.1) is 0 Å². The van der Waals surface area contributed by atoms with E-state index in [0.29, 0.717) is 10.5 Å². The van der Waals surface area contributed by atoms with E-state index in [1.165, 1.54) is 35.4 Å². The number of hydrogen-bond donors (Lipinski definition) is 0. The van der Waals surface area contributed by atoms with Crippen molar-refractivity contribution in [2.24, 2.45) is 0 Å². The van der Waals surface area contributed by atoms with Crippen molar-refractivity contribution in [1.29, 1.82) is 0 Å². The molecule has 2 rings (SSSR count). The molecule has 2 nitrogen and oxygen atoms in total. The van der Waals surface area contributed by atoms with Crippen LogP contribution in [0.1, 0.15) is 0 Å². The van der Waals surface area contributed by atoms with Gasteiger partial charge in [0, 0.05) is 0 Å². The molecule has 0 saturated carbocycles. The molecule has 1 heterocycles. The number of halogens is 1. The average molecular weight is 334 g/mol. The Morgan fingerprint density at radius 3 is 2.79 bits per heavy atom. The van der Waals surface area contributed by atoms with E-state index in [9.17, 15) is 0 Å². The van der Waals surface area contributed by atoms with Crippen LogP contribution in [0.5, 0.6) is 0 Å². The van der Waals surface area contributed by atoms with Crippen molar-refractivity contribution in [2.45, 2.75) is 0 Å². The molecule has 0 fully saturated rings. The molecule has 0 aliphatic rings. The van der Waals surface area contributed by atoms with E-state index in [0.717, 1.165) is 9.99 Å². The first-order valence-electron chi connectivity index (χ1n) is 3.75. The van der Waals surface area contributed by atoms with Crippen LogP contribution in [0.2, 0.25) is 0 Å². The van der Waals surface area contributed by atoms with Crippen molar-refractivity contribution in [2.75, 3.05) is 0 Å². The molecular formula is C8H5BrN2Na2Se. The first-order valence-corrected chi connectivity index (χ1v) is 11.4. The molecule has 6 heteroatoms. The summed E-state index contributed by atoms with van der Waals surface area (Å²) in [6, 6.07) is 6.14. The Morgan fingerprint density at radius 2 is 2.07 bits per heavy atom. The third-order valence-corrected chi connectivity index (χ3v) is 5.75. The van der Waals surface area contributed by atoms with Crippen LogP contribution in [0.25, 0.3) is 10.9 Å². The Kier molecular flexibility index (Phi) is 6.16. The molecule has 0 spiro atoms. The van der Waals surface area contributed by atoms with Crippen LogP contribution in [0.15, 0.2) is 29.0 Å². The monoisotopic (exact) mass is 334 g/mol. The van der Waals surface area contributed by atoms with Gasteiger partial charge in [-0.2, -0.15) is 0 Å². The van der Waals surface area contributed by atoms with Gasteiger partial charge in [-0.1, -0.05) is 0 Å². The first kappa shape index (κ1) is 13.6. The average Bonchev–Trinajstić information content (AvgIpc) is 2.17. The fraction of sp³-hybridized carbons (Fsp3) is 0. The molecule has 1 aromatic carbocycles. The summed E-state index contributed by atoms with van der Waals surface area (Å²) in [5, 5.41) is 1.20. The maximum absolute atomic E-state index is 4.30. The predicted molar refractivity (Wildman–Crippen MR) is 65.5 cm³/mol. The summed E-state index contributed by atoms with van der Waals surface area (Å²) in [6.45, 7) is 0. The molecule has 0 aliphatic carbocycles. The van der Waals surface area contributed by atoms with Crippen LogP contribution >= 0.6 is 15.9 Å². The van der Waals surface area contributed by atoms with Crippen LogP contribution in [-0.4, -0.2) is 75.4 Å². The van der Waals surface area contributed by atoms with Crippen molar-refractivity contribution in [3.63, 3.8) is 0 Å². The number of aromatic nitrogens is 2. The summed E-state index contributed by atoms with van der Waals surface area (Å²) >= 11 is 4.66. The van der Waals surface area contributed by atoms with Crippen molar-refractivity contribution >= 4 is 96.9 Å². The van der Waals surface area contributed by atoms with Gasteiger partial charge >= 0.3 is 136 Å². The second-order valence-electron chi connectivity index (χ2n) is 2.54. The number of fused-ring (bicyclic) bond motifs is 1. The van der Waals surface area contributed by atoms with Gasteiger partial charge in [-0.25, -0.2) is 0 Å². The normalized spacial score (nSPS) is 9.93. The van der Waals surface area contributed by atoms with Gasteiger partial charge in [0.15, 0.2) is 0 Å². The zero-order valence-corrected chi connectivity index (χ0v) is 12.3. The molecule has 0 unspecified atom stereocenters. The summed E-state index contributed by atoms with van der Waals surface area (Å²) in [5.41, 5.74) is 1.05. The minimum atomic E-state index is 0. The van der Waals surface area contributed by atoms with E-state index < -0.39 is 0 Å². The molecule has 0 saturated heterocycles. The van der Waals surface area contributed by atoms with Crippen LogP contribution < -0.4 is 4.59 Å². The van der Waals surface area contributed by atoms with Gasteiger partial charge in [-0.05, 0) is 0 Å². The molecule has 14 heavy (non-hydrogen) atoms. The molecule has 0 atom stereocenters. The van der Waals surface area contributed by atoms with Crippen LogP contribution in [0.3, 0.4) is 0 Å². The minimum absolute atomic E-state index is 0. The third-order valence-electron chi connectivity index (χ3n) is 1.75. The van der Waals surface area contributed by atoms with Crippen LogP contribution in [-0.2, 0) is 0 Å². The summed E-state index contributed by atoms with van der Waals surface area (Å²) < 4.78 is 2.33. The van der Waals surface area contributed by atoms with Crippen molar-refractivity contribution in [3.8, 4) is 0 Å². The summed E-state index contributed by atoms with van der Waals surface area (Å²) in [6.07, 6.45) is 1.66. The SMILES string of the molecule is [NaH].[Na][Se]c1ncnc2ccc(Br)cc12. The van der Waals surface area contributed by atoms with E-state index in [2.05, 4.69) is 32.0 Å². The van der Waals surface area contributed by atoms with Crippen LogP contribution in [0.4, 0.5) is 0 Å². The van der Waals surface area contributed by atoms with Crippen molar-refractivity contribution in [3.05, 3.63) is 29.0 Å². The molecule has 1 aromatic heterocycles. The van der Waals surface area contributed by atoms with E-state index in [1.54, 1.807) is 6.33 Å². The van der Waals surface area contributed by atoms with Gasteiger partial charge in [-0.3, -0.25) is 0 Å². The Bertz CT molecular complexity index is 452. The van der Waals surface area contributed by atoms with Gasteiger partial charge in [0.1, 0.15) is 0 Å². The van der Waals surface area contributed by atoms with E-state index in [1.807, 2.05) is 12.1 Å². The summed E-state index contributed by atoms with van der Waals surface area (Å²) in [5.74, 6) is 0. The number of hydrogen-bond acceptors (Lipinski definition) is 2. The second kappa shape index (κ2) is 6.33. The fourth-order valence-electron chi connectivity index (χ4n) is 1.17. The zero-order chi connectivity index (χ0) is 9.26. The Balaban J connectivity index is 0.000000980. The van der Waals surface area contributed by atoms with E-state index in [4.69, 9.17) is 0 Å². The van der Waals surface area contributed by atoms with Gasteiger partial charge in [0.25, 0.3) is 0 Å². The molecule has 0 amide bonds. The number of nitrogens with zero attached hydrogens (tertiary/aromatic N) is 2. The zero-order valence-electron chi connectivity index (χ0n) is 6.99. The molecular weight excluding hydrogens is 329 g/mol. The van der Waals surface area contributed by atoms with Gasteiger partial charge < -0.3 is 0 Å². The van der Waals surface area contributed by atoms with Gasteiger partial charge in [0.2, 0.25) is 0 Å². The topological polar surface area (TPSA) is 25.8 Å². The quantitative estimate of drug-likeness (QED) is 0.695. The first-order chi connectivity index (χ1) is 6.31. The Labute approximate surface area is 134 Å². The summed E-state index contributed by atoms with van der Waals surface area (Å²) in [7, 11) is 0.558. The standard InChI is InChI=1S/C8H5BrN2Se.2Na.H/c9-5-1-2-7-6(3-5)8(12)11-4-10-7;;;/h1-4H,(H,10,11,12);;;/q;;+1;/p-1. The molecule has 0 radical (unpaired) electrons. The van der Waals surface area contributed by atoms with E-state index >= 15 is 0 Å². The number of rotatable bonds is 1. The maximum atomic E-state index is 4.30. The molecule has 0 aliphatic heterocycles. The molecule has 2 aromatic rings. The predicted octanol–water partition coefficient (Wildman–Crippen LogP) is 0.157. The Hall–Kier alpha value is 1.56. The third kappa shape index (κ3) is 3.03. The Morgan fingerprint density at radius 1 is 1.29 bits per heavy atom. The van der Waals surface area contributed by atoms with Crippen molar-refractivity contribution < 1.29 is 0 Å². The number of benzene rings is 1. The van der Waals surface area contributed by atoms with Gasteiger partial charge in [0.05, 0.1) is 0 Å². The van der Waals surface area contributed by atoms with E-state index in [-0.39, 0.29) is 29.6 Å².